The minimum Gasteiger partial charge on any atom is -0.367 e. The summed E-state index contributed by atoms with van der Waals surface area (Å²) in [4.78, 5) is 12.8. The number of rotatable bonds is 6. The van der Waals surface area contributed by atoms with Gasteiger partial charge < -0.3 is 10.2 Å². The molecule has 0 saturated carbocycles. The molecule has 1 aliphatic rings. The first-order valence-corrected chi connectivity index (χ1v) is 9.38. The fourth-order valence-electron chi connectivity index (χ4n) is 2.41. The average Bonchev–Trinajstić information content (AvgIpc) is 2.55. The highest BCUT2D eigenvalue weighted by molar-refractivity contribution is 7.89. The lowest BCUT2D eigenvalue weighted by molar-refractivity contribution is -0.118. The summed E-state index contributed by atoms with van der Waals surface area (Å²) in [7, 11) is -3.45. The minimum atomic E-state index is -3.45. The van der Waals surface area contributed by atoms with E-state index in [9.17, 15) is 17.6 Å². The molecule has 128 valence electrons. The summed E-state index contributed by atoms with van der Waals surface area (Å²) in [6, 6.07) is 6.44. The van der Waals surface area contributed by atoms with Crippen molar-refractivity contribution in [3.05, 3.63) is 30.1 Å². The lowest BCUT2D eigenvalue weighted by Crippen LogP contribution is -2.50. The molecule has 1 heterocycles. The van der Waals surface area contributed by atoms with E-state index >= 15 is 0 Å². The van der Waals surface area contributed by atoms with Crippen LogP contribution in [0.2, 0.25) is 0 Å². The van der Waals surface area contributed by atoms with Crippen molar-refractivity contribution in [3.63, 3.8) is 0 Å². The van der Waals surface area contributed by atoms with E-state index in [-0.39, 0.29) is 24.0 Å². The largest absolute Gasteiger partial charge is 0.367 e. The molecular formula is C14H19ClFN3O3S. The van der Waals surface area contributed by atoms with Gasteiger partial charge in [0, 0.05) is 32.7 Å². The molecule has 1 aromatic rings. The van der Waals surface area contributed by atoms with E-state index < -0.39 is 15.9 Å². The minimum absolute atomic E-state index is 0.0292. The van der Waals surface area contributed by atoms with E-state index in [4.69, 9.17) is 11.6 Å². The van der Waals surface area contributed by atoms with Gasteiger partial charge in [0.25, 0.3) is 0 Å². The monoisotopic (exact) mass is 363 g/mol. The number of sulfonamides is 1. The Bertz CT molecular complexity index is 648. The molecule has 2 rings (SSSR count). The van der Waals surface area contributed by atoms with Crippen molar-refractivity contribution in [3.8, 4) is 0 Å². The predicted molar refractivity (Wildman–Crippen MR) is 87.7 cm³/mol. The van der Waals surface area contributed by atoms with Crippen LogP contribution in [0.25, 0.3) is 0 Å². The van der Waals surface area contributed by atoms with E-state index in [2.05, 4.69) is 5.32 Å². The van der Waals surface area contributed by atoms with Gasteiger partial charge in [-0.1, -0.05) is 12.1 Å². The number of amides is 1. The van der Waals surface area contributed by atoms with Crippen LogP contribution in [0, 0.1) is 5.82 Å². The van der Waals surface area contributed by atoms with Gasteiger partial charge in [0.05, 0.1) is 11.4 Å². The van der Waals surface area contributed by atoms with Crippen LogP contribution in [-0.2, 0) is 14.8 Å². The van der Waals surface area contributed by atoms with Crippen molar-refractivity contribution >= 4 is 33.2 Å². The van der Waals surface area contributed by atoms with Gasteiger partial charge in [-0.15, -0.1) is 11.6 Å². The number of nitrogens with zero attached hydrogens (tertiary/aromatic N) is 2. The van der Waals surface area contributed by atoms with Crippen molar-refractivity contribution in [2.75, 3.05) is 49.3 Å². The van der Waals surface area contributed by atoms with Gasteiger partial charge in [-0.05, 0) is 12.1 Å². The second-order valence-electron chi connectivity index (χ2n) is 5.14. The molecule has 0 spiro atoms. The van der Waals surface area contributed by atoms with E-state index in [1.807, 2.05) is 4.90 Å². The zero-order chi connectivity index (χ0) is 16.9. The molecule has 1 fully saturated rings. The summed E-state index contributed by atoms with van der Waals surface area (Å²) in [6.45, 7) is 1.46. The maximum Gasteiger partial charge on any atom is 0.234 e. The highest BCUT2D eigenvalue weighted by Crippen LogP contribution is 2.20. The van der Waals surface area contributed by atoms with E-state index in [1.165, 1.54) is 10.4 Å². The van der Waals surface area contributed by atoms with Gasteiger partial charge in [-0.2, -0.15) is 4.31 Å². The third-order valence-electron chi connectivity index (χ3n) is 3.63. The van der Waals surface area contributed by atoms with Crippen molar-refractivity contribution in [2.24, 2.45) is 0 Å². The number of nitrogens with one attached hydrogen (secondary N) is 1. The molecule has 0 unspecified atom stereocenters. The molecule has 0 atom stereocenters. The highest BCUT2D eigenvalue weighted by Gasteiger charge is 2.27. The summed E-state index contributed by atoms with van der Waals surface area (Å²) in [5.41, 5.74) is 0.485. The molecule has 1 aromatic carbocycles. The second-order valence-corrected chi connectivity index (χ2v) is 7.49. The number of anilines is 1. The fourth-order valence-corrected chi connectivity index (χ4v) is 3.84. The molecule has 9 heteroatoms. The summed E-state index contributed by atoms with van der Waals surface area (Å²) >= 11 is 5.33. The van der Waals surface area contributed by atoms with Crippen LogP contribution in [0.5, 0.6) is 0 Å². The molecule has 6 nitrogen and oxygen atoms in total. The first-order valence-electron chi connectivity index (χ1n) is 7.24. The average molecular weight is 364 g/mol. The Morgan fingerprint density at radius 3 is 2.48 bits per heavy atom. The number of alkyl halides is 1. The molecule has 1 saturated heterocycles. The second kappa shape index (κ2) is 7.94. The van der Waals surface area contributed by atoms with Gasteiger partial charge in [0.2, 0.25) is 15.9 Å². The van der Waals surface area contributed by atoms with Crippen LogP contribution in [0.15, 0.2) is 24.3 Å². The van der Waals surface area contributed by atoms with Gasteiger partial charge in [-0.3, -0.25) is 4.79 Å². The summed E-state index contributed by atoms with van der Waals surface area (Å²) in [5, 5.41) is 2.43. The number of hydrogen-bond acceptors (Lipinski definition) is 4. The third kappa shape index (κ3) is 4.79. The Hall–Kier alpha value is -1.38. The molecular weight excluding hydrogens is 345 g/mol. The smallest absolute Gasteiger partial charge is 0.234 e. The molecule has 0 bridgehead atoms. The third-order valence-corrected chi connectivity index (χ3v) is 5.74. The van der Waals surface area contributed by atoms with Crippen LogP contribution < -0.4 is 10.2 Å². The highest BCUT2D eigenvalue weighted by atomic mass is 35.5. The number of benzene rings is 1. The number of carbonyl (C=O) groups excluding carboxylic acids is 1. The topological polar surface area (TPSA) is 69.7 Å². The number of halogens is 2. The van der Waals surface area contributed by atoms with Crippen molar-refractivity contribution in [1.82, 2.24) is 9.62 Å². The molecule has 1 aliphatic heterocycles. The number of hydrogen-bond donors (Lipinski definition) is 1. The van der Waals surface area contributed by atoms with Crippen molar-refractivity contribution in [1.29, 1.82) is 0 Å². The van der Waals surface area contributed by atoms with Crippen LogP contribution in [0.3, 0.4) is 0 Å². The lowest BCUT2D eigenvalue weighted by Gasteiger charge is -2.35. The SMILES string of the molecule is O=C(CCl)NCCS(=O)(=O)N1CCN(c2ccccc2F)CC1. The Kier molecular flexibility index (Phi) is 6.20. The Balaban J connectivity index is 1.88. The first kappa shape index (κ1) is 18.0. The van der Waals surface area contributed by atoms with Gasteiger partial charge in [0.15, 0.2) is 0 Å². The first-order chi connectivity index (χ1) is 10.9. The van der Waals surface area contributed by atoms with Gasteiger partial charge in [0.1, 0.15) is 11.7 Å². The zero-order valence-electron chi connectivity index (χ0n) is 12.5. The van der Waals surface area contributed by atoms with Crippen LogP contribution in [-0.4, -0.2) is 63.0 Å². The van der Waals surface area contributed by atoms with Gasteiger partial charge >= 0.3 is 0 Å². The zero-order valence-corrected chi connectivity index (χ0v) is 14.1. The maximum absolute atomic E-state index is 13.8. The molecule has 1 amide bonds. The molecule has 0 radical (unpaired) electrons. The Morgan fingerprint density at radius 1 is 1.22 bits per heavy atom. The normalized spacial score (nSPS) is 16.3. The van der Waals surface area contributed by atoms with Crippen LogP contribution in [0.4, 0.5) is 10.1 Å². The summed E-state index contributed by atoms with van der Waals surface area (Å²) < 4.78 is 39.6. The molecule has 1 N–H and O–H groups in total. The molecule has 0 aliphatic carbocycles. The van der Waals surface area contributed by atoms with Gasteiger partial charge in [-0.25, -0.2) is 12.8 Å². The standard InChI is InChI=1S/C14H19ClFN3O3S/c15-11-14(20)17-5-10-23(21,22)19-8-6-18(7-9-19)13-4-2-1-3-12(13)16/h1-4H,5-11H2,(H,17,20). The van der Waals surface area contributed by atoms with E-state index in [1.54, 1.807) is 18.2 Å². The molecule has 23 heavy (non-hydrogen) atoms. The summed E-state index contributed by atoms with van der Waals surface area (Å²) in [6.07, 6.45) is 0. The quantitative estimate of drug-likeness (QED) is 0.753. The predicted octanol–water partition coefficient (Wildman–Crippen LogP) is 0.632. The van der Waals surface area contributed by atoms with Crippen molar-refractivity contribution in [2.45, 2.75) is 0 Å². The number of para-hydroxylation sites is 1. The molecule has 0 aromatic heterocycles. The maximum atomic E-state index is 13.8. The number of carbonyl (C=O) groups is 1. The number of piperazine rings is 1. The van der Waals surface area contributed by atoms with E-state index in [0.717, 1.165) is 0 Å². The fraction of sp³-hybridized carbons (Fsp3) is 0.500. The summed E-state index contributed by atoms with van der Waals surface area (Å²) in [5.74, 6) is -1.07. The Morgan fingerprint density at radius 2 is 1.87 bits per heavy atom. The Labute approximate surface area is 140 Å². The van der Waals surface area contributed by atoms with Crippen LogP contribution in [0.1, 0.15) is 0 Å². The van der Waals surface area contributed by atoms with Crippen LogP contribution >= 0.6 is 11.6 Å². The lowest BCUT2D eigenvalue weighted by atomic mass is 10.2. The van der Waals surface area contributed by atoms with Crippen molar-refractivity contribution < 1.29 is 17.6 Å². The van der Waals surface area contributed by atoms with E-state index in [0.29, 0.717) is 31.9 Å².